The normalized spacial score (nSPS) is 12.2. The van der Waals surface area contributed by atoms with E-state index >= 15 is 0 Å². The van der Waals surface area contributed by atoms with E-state index < -0.39 is 12.0 Å². The number of hydrogen-bond donors (Lipinski definition) is 0. The lowest BCUT2D eigenvalue weighted by Gasteiger charge is -2.29. The van der Waals surface area contributed by atoms with E-state index in [4.69, 9.17) is 4.74 Å². The van der Waals surface area contributed by atoms with Gasteiger partial charge in [-0.05, 0) is 33.3 Å². The molecule has 24 heavy (non-hydrogen) atoms. The van der Waals surface area contributed by atoms with Gasteiger partial charge < -0.3 is 14.2 Å². The number of rotatable bonds is 6. The van der Waals surface area contributed by atoms with Crippen molar-refractivity contribution in [3.05, 3.63) is 22.5 Å². The standard InChI is InChI=1S/C18H28N2O4/c1-9-20(17(22)10(2)3)13(6)16(21)14-11(4)15(18(23)24-8)19(7)12(14)5/h10,13H,9H2,1-8H3. The minimum atomic E-state index is -0.588. The Labute approximate surface area is 143 Å². The lowest BCUT2D eigenvalue weighted by molar-refractivity contribution is -0.135. The molecule has 134 valence electrons. The van der Waals surface area contributed by atoms with Crippen LogP contribution < -0.4 is 0 Å². The van der Waals surface area contributed by atoms with Gasteiger partial charge in [-0.1, -0.05) is 13.8 Å². The number of likely N-dealkylation sites (N-methyl/N-ethyl adjacent to an activating group) is 1. The van der Waals surface area contributed by atoms with Gasteiger partial charge >= 0.3 is 5.97 Å². The molecular weight excluding hydrogens is 308 g/mol. The van der Waals surface area contributed by atoms with Gasteiger partial charge in [0.05, 0.1) is 13.2 Å². The third kappa shape index (κ3) is 3.37. The highest BCUT2D eigenvalue weighted by atomic mass is 16.5. The predicted molar refractivity (Wildman–Crippen MR) is 92.2 cm³/mol. The van der Waals surface area contributed by atoms with Gasteiger partial charge in [0, 0.05) is 30.8 Å². The van der Waals surface area contributed by atoms with E-state index in [1.54, 1.807) is 37.3 Å². The highest BCUT2D eigenvalue weighted by molar-refractivity contribution is 6.06. The van der Waals surface area contributed by atoms with Crippen LogP contribution in [0.3, 0.4) is 0 Å². The molecular formula is C18H28N2O4. The summed E-state index contributed by atoms with van der Waals surface area (Å²) >= 11 is 0. The van der Waals surface area contributed by atoms with E-state index in [2.05, 4.69) is 0 Å². The van der Waals surface area contributed by atoms with E-state index in [0.29, 0.717) is 29.1 Å². The third-order valence-electron chi connectivity index (χ3n) is 4.52. The van der Waals surface area contributed by atoms with E-state index in [0.717, 1.165) is 0 Å². The number of carbonyl (C=O) groups is 3. The number of amides is 1. The maximum absolute atomic E-state index is 13.0. The second kappa shape index (κ2) is 7.64. The minimum absolute atomic E-state index is 0.0576. The molecule has 1 amide bonds. The summed E-state index contributed by atoms with van der Waals surface area (Å²) in [5.41, 5.74) is 2.13. The van der Waals surface area contributed by atoms with Crippen molar-refractivity contribution in [2.75, 3.05) is 13.7 Å². The molecule has 0 radical (unpaired) electrons. The van der Waals surface area contributed by atoms with Crippen molar-refractivity contribution in [2.24, 2.45) is 13.0 Å². The number of ketones is 1. The Hall–Kier alpha value is -2.11. The van der Waals surface area contributed by atoms with Crippen LogP contribution in [-0.4, -0.2) is 46.8 Å². The van der Waals surface area contributed by atoms with Gasteiger partial charge in [0.2, 0.25) is 5.91 Å². The number of Topliss-reactive ketones (excluding diaryl/α,β-unsaturated/α-hetero) is 1. The molecule has 0 aliphatic heterocycles. The van der Waals surface area contributed by atoms with Crippen LogP contribution in [0.5, 0.6) is 0 Å². The molecule has 6 heteroatoms. The Balaban J connectivity index is 3.34. The molecule has 6 nitrogen and oxygen atoms in total. The van der Waals surface area contributed by atoms with Crippen LogP contribution in [-0.2, 0) is 16.6 Å². The summed E-state index contributed by atoms with van der Waals surface area (Å²) in [5.74, 6) is -0.872. The number of methoxy groups -OCH3 is 1. The number of nitrogens with zero attached hydrogens (tertiary/aromatic N) is 2. The van der Waals surface area contributed by atoms with Crippen LogP contribution in [0.15, 0.2) is 0 Å². The molecule has 0 aliphatic carbocycles. The first-order valence-corrected chi connectivity index (χ1v) is 8.18. The lowest BCUT2D eigenvalue weighted by atomic mass is 9.99. The monoisotopic (exact) mass is 336 g/mol. The van der Waals surface area contributed by atoms with Gasteiger partial charge in [-0.3, -0.25) is 9.59 Å². The molecule has 1 aromatic rings. The Morgan fingerprint density at radius 2 is 1.71 bits per heavy atom. The number of aromatic nitrogens is 1. The number of hydrogen-bond acceptors (Lipinski definition) is 4. The fraction of sp³-hybridized carbons (Fsp3) is 0.611. The molecule has 0 fully saturated rings. The molecule has 0 aromatic carbocycles. The van der Waals surface area contributed by atoms with Gasteiger partial charge in [0.25, 0.3) is 0 Å². The zero-order valence-corrected chi connectivity index (χ0v) is 15.9. The Kier molecular flexibility index (Phi) is 6.35. The summed E-state index contributed by atoms with van der Waals surface area (Å²) in [7, 11) is 3.04. The minimum Gasteiger partial charge on any atom is -0.464 e. The van der Waals surface area contributed by atoms with E-state index in [1.807, 2.05) is 20.8 Å². The quantitative estimate of drug-likeness (QED) is 0.591. The van der Waals surface area contributed by atoms with Crippen LogP contribution in [0.2, 0.25) is 0 Å². The Morgan fingerprint density at radius 3 is 2.12 bits per heavy atom. The van der Waals surface area contributed by atoms with Crippen LogP contribution in [0, 0.1) is 19.8 Å². The molecule has 1 atom stereocenters. The highest BCUT2D eigenvalue weighted by Gasteiger charge is 2.32. The third-order valence-corrected chi connectivity index (χ3v) is 4.52. The SMILES string of the molecule is CCN(C(=O)C(C)C)C(C)C(=O)c1c(C)c(C(=O)OC)n(C)c1C. The van der Waals surface area contributed by atoms with Crippen molar-refractivity contribution in [2.45, 2.75) is 47.6 Å². The molecule has 0 saturated carbocycles. The highest BCUT2D eigenvalue weighted by Crippen LogP contribution is 2.24. The van der Waals surface area contributed by atoms with Crippen LogP contribution in [0.4, 0.5) is 0 Å². The van der Waals surface area contributed by atoms with Crippen LogP contribution >= 0.6 is 0 Å². The van der Waals surface area contributed by atoms with Gasteiger partial charge in [-0.25, -0.2) is 4.79 Å². The van der Waals surface area contributed by atoms with Crippen LogP contribution in [0.1, 0.15) is 59.8 Å². The first-order chi connectivity index (χ1) is 11.1. The second-order valence-corrected chi connectivity index (χ2v) is 6.30. The fourth-order valence-electron chi connectivity index (χ4n) is 3.03. The van der Waals surface area contributed by atoms with Crippen molar-refractivity contribution in [1.82, 2.24) is 9.47 Å². The smallest absolute Gasteiger partial charge is 0.354 e. The molecule has 0 saturated heterocycles. The summed E-state index contributed by atoms with van der Waals surface area (Å²) in [6.45, 7) is 11.2. The van der Waals surface area contributed by atoms with Crippen molar-refractivity contribution in [3.63, 3.8) is 0 Å². The molecule has 1 rings (SSSR count). The lowest BCUT2D eigenvalue weighted by Crippen LogP contribution is -2.45. The van der Waals surface area contributed by atoms with Crippen molar-refractivity contribution in [1.29, 1.82) is 0 Å². The largest absolute Gasteiger partial charge is 0.464 e. The summed E-state index contributed by atoms with van der Waals surface area (Å²) in [6.07, 6.45) is 0. The maximum atomic E-state index is 13.0. The van der Waals surface area contributed by atoms with E-state index in [9.17, 15) is 14.4 Å². The van der Waals surface area contributed by atoms with Crippen molar-refractivity contribution < 1.29 is 19.1 Å². The predicted octanol–water partition coefficient (Wildman–Crippen LogP) is 2.50. The summed E-state index contributed by atoms with van der Waals surface area (Å²) in [5, 5.41) is 0. The van der Waals surface area contributed by atoms with Gasteiger partial charge in [-0.15, -0.1) is 0 Å². The van der Waals surface area contributed by atoms with Crippen molar-refractivity contribution in [3.8, 4) is 0 Å². The fourth-order valence-corrected chi connectivity index (χ4v) is 3.03. The Morgan fingerprint density at radius 1 is 1.17 bits per heavy atom. The zero-order valence-electron chi connectivity index (χ0n) is 15.9. The molecule has 0 spiro atoms. The van der Waals surface area contributed by atoms with E-state index in [-0.39, 0.29) is 17.6 Å². The maximum Gasteiger partial charge on any atom is 0.354 e. The van der Waals surface area contributed by atoms with Gasteiger partial charge in [-0.2, -0.15) is 0 Å². The molecule has 0 bridgehead atoms. The van der Waals surface area contributed by atoms with Gasteiger partial charge in [0.15, 0.2) is 5.78 Å². The van der Waals surface area contributed by atoms with Crippen molar-refractivity contribution >= 4 is 17.7 Å². The van der Waals surface area contributed by atoms with Crippen LogP contribution in [0.25, 0.3) is 0 Å². The first-order valence-electron chi connectivity index (χ1n) is 8.18. The number of carbonyl (C=O) groups excluding carboxylic acids is 3. The Bertz CT molecular complexity index is 658. The topological polar surface area (TPSA) is 68.6 Å². The number of esters is 1. The van der Waals surface area contributed by atoms with E-state index in [1.165, 1.54) is 7.11 Å². The molecule has 1 aromatic heterocycles. The molecule has 0 aliphatic rings. The van der Waals surface area contributed by atoms with Gasteiger partial charge in [0.1, 0.15) is 5.69 Å². The summed E-state index contributed by atoms with van der Waals surface area (Å²) < 4.78 is 6.48. The number of ether oxygens (including phenoxy) is 1. The average molecular weight is 336 g/mol. The molecule has 1 unspecified atom stereocenters. The summed E-state index contributed by atoms with van der Waals surface area (Å²) in [6, 6.07) is -0.588. The first kappa shape index (κ1) is 19.9. The average Bonchev–Trinajstić information content (AvgIpc) is 2.76. The molecule has 0 N–H and O–H groups in total. The zero-order chi connectivity index (χ0) is 18.8. The summed E-state index contributed by atoms with van der Waals surface area (Å²) in [4.78, 5) is 38.9. The second-order valence-electron chi connectivity index (χ2n) is 6.30. The molecule has 1 heterocycles.